The third-order valence-electron chi connectivity index (χ3n) is 8.55. The molecule has 0 heterocycles. The van der Waals surface area contributed by atoms with Crippen LogP contribution in [0.5, 0.6) is 11.5 Å². The lowest BCUT2D eigenvalue weighted by Gasteiger charge is -2.30. The molecule has 3 nitrogen and oxygen atoms in total. The first-order valence-electron chi connectivity index (χ1n) is 15.1. The molecule has 0 radical (unpaired) electrons. The average Bonchev–Trinajstić information content (AvgIpc) is 2.96. The molecule has 2 aliphatic rings. The third-order valence-corrected chi connectivity index (χ3v) is 8.55. The molecular weight excluding hydrogens is 501 g/mol. The zero-order valence-electron chi connectivity index (χ0n) is 23.7. The Balaban J connectivity index is 1.23. The van der Waals surface area contributed by atoms with Crippen LogP contribution in [0, 0.1) is 23.4 Å². The normalized spacial score (nSPS) is 23.5. The highest BCUT2D eigenvalue weighted by Gasteiger charge is 2.28. The quantitative estimate of drug-likeness (QED) is 0.234. The summed E-state index contributed by atoms with van der Waals surface area (Å²) in [7, 11) is 0. The predicted molar refractivity (Wildman–Crippen MR) is 149 cm³/mol. The minimum Gasteiger partial charge on any atom is -0.491 e. The molecule has 0 N–H and O–H groups in total. The Bertz CT molecular complexity index is 1030. The van der Waals surface area contributed by atoms with Crippen LogP contribution in [0.25, 0.3) is 0 Å². The van der Waals surface area contributed by atoms with E-state index < -0.39 is 11.6 Å². The Kier molecular flexibility index (Phi) is 11.4. The highest BCUT2D eigenvalue weighted by molar-refractivity contribution is 5.34. The Labute approximate surface area is 232 Å². The Morgan fingerprint density at radius 1 is 0.692 bits per heavy atom. The van der Waals surface area contributed by atoms with E-state index in [4.69, 9.17) is 14.2 Å². The zero-order chi connectivity index (χ0) is 27.6. The van der Waals surface area contributed by atoms with E-state index in [0.29, 0.717) is 30.4 Å². The Hall–Kier alpha value is -2.21. The summed E-state index contributed by atoms with van der Waals surface area (Å²) in [5.74, 6) is -1.04. The molecule has 0 amide bonds. The van der Waals surface area contributed by atoms with Crippen LogP contribution in [0.3, 0.4) is 0 Å². The summed E-state index contributed by atoms with van der Waals surface area (Å²) < 4.78 is 61.7. The maximum absolute atomic E-state index is 15.0. The fourth-order valence-corrected chi connectivity index (χ4v) is 5.99. The largest absolute Gasteiger partial charge is 0.491 e. The van der Waals surface area contributed by atoms with Gasteiger partial charge in [0.25, 0.3) is 0 Å². The smallest absolute Gasteiger partial charge is 0.200 e. The maximum atomic E-state index is 15.0. The van der Waals surface area contributed by atoms with Crippen molar-refractivity contribution in [3.8, 4) is 11.5 Å². The molecule has 2 fully saturated rings. The SMILES string of the molecule is CCCCOc1ccc(C2CCC(COc3ccc(C4CCC(OCCCC)CC4)c(F)c3F)CC2)cc1F. The van der Waals surface area contributed by atoms with Gasteiger partial charge in [-0.2, -0.15) is 4.39 Å². The molecule has 0 aliphatic heterocycles. The first-order chi connectivity index (χ1) is 19.0. The van der Waals surface area contributed by atoms with Crippen molar-refractivity contribution in [3.05, 3.63) is 58.9 Å². The van der Waals surface area contributed by atoms with Crippen LogP contribution in [0.15, 0.2) is 30.3 Å². The summed E-state index contributed by atoms with van der Waals surface area (Å²) >= 11 is 0. The van der Waals surface area contributed by atoms with Crippen LogP contribution in [0.4, 0.5) is 13.2 Å². The van der Waals surface area contributed by atoms with E-state index in [9.17, 15) is 8.78 Å². The van der Waals surface area contributed by atoms with Crippen molar-refractivity contribution in [2.45, 2.75) is 109 Å². The fourth-order valence-electron chi connectivity index (χ4n) is 5.99. The van der Waals surface area contributed by atoms with Gasteiger partial charge in [0.2, 0.25) is 5.82 Å². The molecular formula is C33H45F3O3. The van der Waals surface area contributed by atoms with Gasteiger partial charge in [0.15, 0.2) is 23.1 Å². The molecule has 0 atom stereocenters. The molecule has 216 valence electrons. The maximum Gasteiger partial charge on any atom is 0.200 e. The number of hydrogen-bond acceptors (Lipinski definition) is 3. The molecule has 2 saturated carbocycles. The summed E-state index contributed by atoms with van der Waals surface area (Å²) in [6, 6.07) is 8.61. The summed E-state index contributed by atoms with van der Waals surface area (Å²) in [4.78, 5) is 0. The number of hydrogen-bond donors (Lipinski definition) is 0. The minimum atomic E-state index is -0.876. The predicted octanol–water partition coefficient (Wildman–Crippen LogP) is 9.48. The third kappa shape index (κ3) is 8.15. The van der Waals surface area contributed by atoms with Gasteiger partial charge in [-0.25, -0.2) is 8.78 Å². The van der Waals surface area contributed by atoms with Gasteiger partial charge in [-0.1, -0.05) is 38.8 Å². The highest BCUT2D eigenvalue weighted by atomic mass is 19.2. The van der Waals surface area contributed by atoms with Gasteiger partial charge in [0, 0.05) is 6.61 Å². The van der Waals surface area contributed by atoms with Gasteiger partial charge in [-0.3, -0.25) is 0 Å². The molecule has 4 rings (SSSR count). The lowest BCUT2D eigenvalue weighted by molar-refractivity contribution is 0.0230. The second-order valence-electron chi connectivity index (χ2n) is 11.4. The van der Waals surface area contributed by atoms with Crippen molar-refractivity contribution in [1.82, 2.24) is 0 Å². The van der Waals surface area contributed by atoms with E-state index in [0.717, 1.165) is 89.2 Å². The number of ether oxygens (including phenoxy) is 3. The fraction of sp³-hybridized carbons (Fsp3) is 0.636. The molecule has 6 heteroatoms. The lowest BCUT2D eigenvalue weighted by atomic mass is 9.79. The summed E-state index contributed by atoms with van der Waals surface area (Å²) in [6.45, 7) is 5.89. The van der Waals surface area contributed by atoms with Crippen molar-refractivity contribution in [1.29, 1.82) is 0 Å². The Morgan fingerprint density at radius 2 is 1.36 bits per heavy atom. The second-order valence-corrected chi connectivity index (χ2v) is 11.4. The van der Waals surface area contributed by atoms with E-state index in [1.165, 1.54) is 0 Å². The van der Waals surface area contributed by atoms with Crippen LogP contribution in [0.1, 0.15) is 114 Å². The van der Waals surface area contributed by atoms with E-state index in [1.807, 2.05) is 6.07 Å². The Morgan fingerprint density at radius 3 is 2.05 bits per heavy atom. The second kappa shape index (κ2) is 15.0. The van der Waals surface area contributed by atoms with Crippen molar-refractivity contribution in [3.63, 3.8) is 0 Å². The number of halogens is 3. The minimum absolute atomic E-state index is 0.00399. The van der Waals surface area contributed by atoms with Gasteiger partial charge in [0.1, 0.15) is 0 Å². The zero-order valence-corrected chi connectivity index (χ0v) is 23.7. The van der Waals surface area contributed by atoms with Crippen LogP contribution in [0.2, 0.25) is 0 Å². The number of unbranched alkanes of at least 4 members (excludes halogenated alkanes) is 2. The van der Waals surface area contributed by atoms with Crippen molar-refractivity contribution in [2.24, 2.45) is 5.92 Å². The molecule has 2 aromatic rings. The molecule has 0 saturated heterocycles. The monoisotopic (exact) mass is 546 g/mol. The molecule has 0 aromatic heterocycles. The molecule has 2 aliphatic carbocycles. The average molecular weight is 547 g/mol. The van der Waals surface area contributed by atoms with Crippen molar-refractivity contribution < 1.29 is 27.4 Å². The van der Waals surface area contributed by atoms with E-state index in [2.05, 4.69) is 13.8 Å². The number of rotatable bonds is 13. The molecule has 0 unspecified atom stereocenters. The van der Waals surface area contributed by atoms with Gasteiger partial charge in [-0.05, 0) is 111 Å². The molecule has 2 aromatic carbocycles. The van der Waals surface area contributed by atoms with Gasteiger partial charge in [0.05, 0.1) is 19.3 Å². The first kappa shape index (κ1) is 29.8. The highest BCUT2D eigenvalue weighted by Crippen LogP contribution is 2.39. The van der Waals surface area contributed by atoms with E-state index in [-0.39, 0.29) is 29.5 Å². The molecule has 0 bridgehead atoms. The molecule has 39 heavy (non-hydrogen) atoms. The summed E-state index contributed by atoms with van der Waals surface area (Å²) in [5.41, 5.74) is 1.46. The van der Waals surface area contributed by atoms with Gasteiger partial charge >= 0.3 is 0 Å². The van der Waals surface area contributed by atoms with Gasteiger partial charge in [-0.15, -0.1) is 0 Å². The van der Waals surface area contributed by atoms with E-state index >= 15 is 4.39 Å². The van der Waals surface area contributed by atoms with Crippen LogP contribution in [-0.2, 0) is 4.74 Å². The van der Waals surface area contributed by atoms with Crippen molar-refractivity contribution >= 4 is 0 Å². The van der Waals surface area contributed by atoms with Crippen LogP contribution >= 0.6 is 0 Å². The van der Waals surface area contributed by atoms with E-state index in [1.54, 1.807) is 24.3 Å². The molecule has 0 spiro atoms. The number of benzene rings is 2. The lowest BCUT2D eigenvalue weighted by Crippen LogP contribution is -2.22. The first-order valence-corrected chi connectivity index (χ1v) is 15.1. The summed E-state index contributed by atoms with van der Waals surface area (Å²) in [5, 5.41) is 0. The van der Waals surface area contributed by atoms with Gasteiger partial charge < -0.3 is 14.2 Å². The standard InChI is InChI=1S/C33H45F3O3/c1-3-5-19-37-27-14-11-25(12-15-27)28-16-18-31(33(36)32(28)35)39-22-23-7-9-24(10-8-23)26-13-17-30(29(34)21-26)38-20-6-4-2/h13,16-18,21,23-25,27H,3-12,14-15,19-20,22H2,1-2H3. The van der Waals surface area contributed by atoms with Crippen LogP contribution in [-0.4, -0.2) is 25.9 Å². The van der Waals surface area contributed by atoms with Crippen LogP contribution < -0.4 is 9.47 Å². The van der Waals surface area contributed by atoms with Crippen molar-refractivity contribution in [2.75, 3.05) is 19.8 Å². The topological polar surface area (TPSA) is 27.7 Å². The summed E-state index contributed by atoms with van der Waals surface area (Å²) in [6.07, 6.45) is 11.4.